The van der Waals surface area contributed by atoms with E-state index < -0.39 is 0 Å². The highest BCUT2D eigenvalue weighted by Gasteiger charge is 2.06. The van der Waals surface area contributed by atoms with Crippen molar-refractivity contribution in [2.75, 3.05) is 24.6 Å². The molecular weight excluding hydrogens is 318 g/mol. The number of hydrogen-bond acceptors (Lipinski definition) is 8. The lowest BCUT2D eigenvalue weighted by Gasteiger charge is -2.09. The smallest absolute Gasteiger partial charge is 0.169 e. The second kappa shape index (κ2) is 8.96. The molecule has 0 aliphatic heterocycles. The van der Waals surface area contributed by atoms with E-state index in [1.807, 2.05) is 12.2 Å². The van der Waals surface area contributed by atoms with Crippen LogP contribution in [0.25, 0.3) is 11.6 Å². The predicted molar refractivity (Wildman–Crippen MR) is 102 cm³/mol. The zero-order valence-corrected chi connectivity index (χ0v) is 14.0. The topological polar surface area (TPSA) is 130 Å². The number of nitrogens with two attached hydrogens (primary N) is 1. The van der Waals surface area contributed by atoms with Crippen molar-refractivity contribution < 1.29 is 0 Å². The van der Waals surface area contributed by atoms with Gasteiger partial charge >= 0.3 is 0 Å². The molecule has 0 saturated heterocycles. The second-order valence-electron chi connectivity index (χ2n) is 4.91. The Morgan fingerprint density at radius 1 is 1.48 bits per heavy atom. The number of nitrogens with one attached hydrogen (secondary N) is 3. The second-order valence-corrected chi connectivity index (χ2v) is 4.91. The summed E-state index contributed by atoms with van der Waals surface area (Å²) in [5, 5.41) is 17.3. The molecule has 0 saturated carbocycles. The SMILES string of the molecule is C=Nn1ccnc1/C=C\CCNc1nc(/C(C=N)=C/NC)cnc1N. The number of nitrogens with zero attached hydrogens (tertiary/aromatic N) is 5. The maximum atomic E-state index is 7.44. The quantitative estimate of drug-likeness (QED) is 0.404. The number of nitrogen functional groups attached to an aromatic ring is 1. The summed E-state index contributed by atoms with van der Waals surface area (Å²) in [6.07, 6.45) is 12.4. The molecule has 0 aliphatic rings. The molecule has 9 nitrogen and oxygen atoms in total. The van der Waals surface area contributed by atoms with Crippen LogP contribution in [0.15, 0.2) is 36.0 Å². The summed E-state index contributed by atoms with van der Waals surface area (Å²) in [5.41, 5.74) is 7.03. The van der Waals surface area contributed by atoms with Crippen molar-refractivity contribution in [3.63, 3.8) is 0 Å². The molecule has 5 N–H and O–H groups in total. The molecule has 0 amide bonds. The molecule has 0 atom stereocenters. The first-order chi connectivity index (χ1) is 12.2. The van der Waals surface area contributed by atoms with Crippen LogP contribution in [-0.4, -0.2) is 46.2 Å². The van der Waals surface area contributed by atoms with Crippen LogP contribution in [0, 0.1) is 5.41 Å². The zero-order valence-electron chi connectivity index (χ0n) is 14.0. The first-order valence-corrected chi connectivity index (χ1v) is 7.61. The van der Waals surface area contributed by atoms with Crippen molar-refractivity contribution in [1.82, 2.24) is 24.9 Å². The van der Waals surface area contributed by atoms with Gasteiger partial charge in [0.15, 0.2) is 17.5 Å². The lowest BCUT2D eigenvalue weighted by Crippen LogP contribution is -2.09. The Hall–Kier alpha value is -3.49. The Kier molecular flexibility index (Phi) is 6.40. The van der Waals surface area contributed by atoms with E-state index in [4.69, 9.17) is 11.1 Å². The highest BCUT2D eigenvalue weighted by Crippen LogP contribution is 2.16. The Morgan fingerprint density at radius 3 is 3.04 bits per heavy atom. The van der Waals surface area contributed by atoms with Crippen molar-refractivity contribution in [1.29, 1.82) is 5.41 Å². The van der Waals surface area contributed by atoms with Gasteiger partial charge in [0.05, 0.1) is 11.9 Å². The number of rotatable bonds is 9. The first kappa shape index (κ1) is 17.9. The minimum atomic E-state index is 0.313. The van der Waals surface area contributed by atoms with E-state index in [2.05, 4.69) is 37.4 Å². The van der Waals surface area contributed by atoms with E-state index in [0.29, 0.717) is 35.3 Å². The fourth-order valence-electron chi connectivity index (χ4n) is 2.02. The average molecular weight is 339 g/mol. The van der Waals surface area contributed by atoms with E-state index in [9.17, 15) is 0 Å². The fraction of sp³-hybridized carbons (Fsp3) is 0.188. The molecule has 2 rings (SSSR count). The summed E-state index contributed by atoms with van der Waals surface area (Å²) in [7, 11) is 1.76. The van der Waals surface area contributed by atoms with Crippen molar-refractivity contribution in [2.45, 2.75) is 6.42 Å². The van der Waals surface area contributed by atoms with E-state index in [1.165, 1.54) is 12.4 Å². The molecule has 0 spiro atoms. The van der Waals surface area contributed by atoms with Gasteiger partial charge in [-0.1, -0.05) is 6.08 Å². The van der Waals surface area contributed by atoms with Crippen LogP contribution in [-0.2, 0) is 0 Å². The largest absolute Gasteiger partial charge is 0.393 e. The lowest BCUT2D eigenvalue weighted by molar-refractivity contribution is 0.870. The van der Waals surface area contributed by atoms with Gasteiger partial charge in [0.1, 0.15) is 0 Å². The van der Waals surface area contributed by atoms with Crippen molar-refractivity contribution >= 4 is 36.2 Å². The van der Waals surface area contributed by atoms with E-state index in [1.54, 1.807) is 30.3 Å². The van der Waals surface area contributed by atoms with Gasteiger partial charge in [-0.25, -0.2) is 19.6 Å². The normalized spacial score (nSPS) is 11.5. The first-order valence-electron chi connectivity index (χ1n) is 7.61. The zero-order chi connectivity index (χ0) is 18.1. The highest BCUT2D eigenvalue weighted by molar-refractivity contribution is 6.07. The maximum absolute atomic E-state index is 7.44. The summed E-state index contributed by atoms with van der Waals surface area (Å²) in [6.45, 7) is 4.09. The maximum Gasteiger partial charge on any atom is 0.169 e. The van der Waals surface area contributed by atoms with Gasteiger partial charge in [-0.2, -0.15) is 5.10 Å². The third-order valence-corrected chi connectivity index (χ3v) is 3.22. The predicted octanol–water partition coefficient (Wildman–Crippen LogP) is 1.44. The molecule has 0 fully saturated rings. The van der Waals surface area contributed by atoms with Crippen LogP contribution in [0.3, 0.4) is 0 Å². The van der Waals surface area contributed by atoms with Gasteiger partial charge in [-0.15, -0.1) is 0 Å². The van der Waals surface area contributed by atoms with Crippen LogP contribution >= 0.6 is 0 Å². The van der Waals surface area contributed by atoms with Crippen molar-refractivity contribution in [2.24, 2.45) is 5.10 Å². The molecular formula is C16H21N9. The van der Waals surface area contributed by atoms with Crippen LogP contribution < -0.4 is 16.4 Å². The highest BCUT2D eigenvalue weighted by atomic mass is 15.4. The molecule has 9 heteroatoms. The Bertz CT molecular complexity index is 789. The molecule has 0 aromatic carbocycles. The van der Waals surface area contributed by atoms with Crippen LogP contribution in [0.1, 0.15) is 17.9 Å². The summed E-state index contributed by atoms with van der Waals surface area (Å²) >= 11 is 0. The summed E-state index contributed by atoms with van der Waals surface area (Å²) in [4.78, 5) is 12.7. The van der Waals surface area contributed by atoms with E-state index >= 15 is 0 Å². The monoisotopic (exact) mass is 339 g/mol. The molecule has 0 radical (unpaired) electrons. The van der Waals surface area contributed by atoms with Gasteiger partial charge in [0.25, 0.3) is 0 Å². The molecule has 0 unspecified atom stereocenters. The van der Waals surface area contributed by atoms with Crippen LogP contribution in [0.5, 0.6) is 0 Å². The molecule has 0 bridgehead atoms. The third-order valence-electron chi connectivity index (χ3n) is 3.22. The summed E-state index contributed by atoms with van der Waals surface area (Å²) in [5.74, 6) is 1.51. The van der Waals surface area contributed by atoms with Gasteiger partial charge in [0.2, 0.25) is 0 Å². The van der Waals surface area contributed by atoms with Gasteiger partial charge in [-0.05, 0) is 12.5 Å². The lowest BCUT2D eigenvalue weighted by atomic mass is 10.2. The Balaban J connectivity index is 1.97. The standard InChI is InChI=1S/C16H21N9/c1-19-10-12(9-17)13-11-23-15(18)16(24-13)22-6-4-3-5-14-21-7-8-25(14)20-2/h3,5,7-11,17,19H,2,4,6H2,1H3,(H2,18,23)(H,22,24)/b5-3-,12-10+,17-9?. The molecule has 0 aliphatic carbocycles. The van der Waals surface area contributed by atoms with Gasteiger partial charge in [0, 0.05) is 50.7 Å². The number of aromatic nitrogens is 4. The molecule has 2 aromatic heterocycles. The minimum absolute atomic E-state index is 0.313. The van der Waals surface area contributed by atoms with Gasteiger partial charge < -0.3 is 21.8 Å². The molecule has 2 heterocycles. The Labute approximate surface area is 145 Å². The van der Waals surface area contributed by atoms with Gasteiger partial charge in [-0.3, -0.25) is 0 Å². The number of anilines is 2. The van der Waals surface area contributed by atoms with E-state index in [-0.39, 0.29) is 0 Å². The fourth-order valence-corrected chi connectivity index (χ4v) is 2.02. The van der Waals surface area contributed by atoms with Crippen molar-refractivity contribution in [3.05, 3.63) is 42.4 Å². The summed E-state index contributed by atoms with van der Waals surface area (Å²) < 4.78 is 1.59. The molecule has 130 valence electrons. The Morgan fingerprint density at radius 2 is 2.32 bits per heavy atom. The van der Waals surface area contributed by atoms with Crippen molar-refractivity contribution in [3.8, 4) is 0 Å². The third kappa shape index (κ3) is 4.74. The minimum Gasteiger partial charge on any atom is -0.393 e. The van der Waals surface area contributed by atoms with Crippen LogP contribution in [0.4, 0.5) is 11.6 Å². The number of hydrogen-bond donors (Lipinski definition) is 4. The summed E-state index contributed by atoms with van der Waals surface area (Å²) in [6, 6.07) is 0. The van der Waals surface area contributed by atoms with Crippen LogP contribution in [0.2, 0.25) is 0 Å². The average Bonchev–Trinajstić information content (AvgIpc) is 3.08. The number of allylic oxidation sites excluding steroid dienone is 1. The molecule has 25 heavy (non-hydrogen) atoms. The number of imidazole rings is 1. The van der Waals surface area contributed by atoms with E-state index in [0.717, 1.165) is 6.42 Å². The molecule has 2 aromatic rings.